The van der Waals surface area contributed by atoms with Crippen LogP contribution in [-0.4, -0.2) is 87.1 Å². The van der Waals surface area contributed by atoms with Crippen LogP contribution in [0.1, 0.15) is 61.3 Å². The minimum absolute atomic E-state index is 0.241. The van der Waals surface area contributed by atoms with Crippen LogP contribution in [0.3, 0.4) is 0 Å². The Kier molecular flexibility index (Phi) is 8.04. The summed E-state index contributed by atoms with van der Waals surface area (Å²) in [5.41, 5.74) is -0.659. The maximum atomic E-state index is 12.7. The van der Waals surface area contributed by atoms with Gasteiger partial charge < -0.3 is 0 Å². The van der Waals surface area contributed by atoms with Crippen molar-refractivity contribution in [2.24, 2.45) is 0 Å². The predicted molar refractivity (Wildman–Crippen MR) is 134 cm³/mol. The summed E-state index contributed by atoms with van der Waals surface area (Å²) >= 11 is 0.734. The molecule has 184 valence electrons. The normalized spacial score (nSPS) is 22.8. The van der Waals surface area contributed by atoms with E-state index in [1.165, 1.54) is 11.8 Å². The van der Waals surface area contributed by atoms with E-state index in [0.29, 0.717) is 22.3 Å². The van der Waals surface area contributed by atoms with Gasteiger partial charge in [-0.05, 0) is 0 Å². The Labute approximate surface area is 209 Å². The van der Waals surface area contributed by atoms with Crippen molar-refractivity contribution in [3.8, 4) is 5.88 Å². The van der Waals surface area contributed by atoms with E-state index >= 15 is 0 Å². The molecule has 11 heteroatoms. The third-order valence-electron chi connectivity index (χ3n) is 6.17. The van der Waals surface area contributed by atoms with Gasteiger partial charge in [-0.25, -0.2) is 0 Å². The van der Waals surface area contributed by atoms with Crippen LogP contribution in [0.15, 0.2) is 5.16 Å². The van der Waals surface area contributed by atoms with Gasteiger partial charge in [0.1, 0.15) is 0 Å². The van der Waals surface area contributed by atoms with E-state index in [9.17, 15) is 4.79 Å². The number of aromatic nitrogens is 2. The summed E-state index contributed by atoms with van der Waals surface area (Å²) in [5.74, 6) is 0.506. The van der Waals surface area contributed by atoms with Crippen LogP contribution in [0, 0.1) is 0 Å². The summed E-state index contributed by atoms with van der Waals surface area (Å²) in [7, 11) is 1.03. The van der Waals surface area contributed by atoms with E-state index in [1.807, 2.05) is 59.6 Å². The molecule has 1 aromatic heterocycles. The zero-order valence-electron chi connectivity index (χ0n) is 21.3. The van der Waals surface area contributed by atoms with Crippen LogP contribution in [0.5, 0.6) is 5.88 Å². The number of amides is 1. The van der Waals surface area contributed by atoms with Gasteiger partial charge in [0, 0.05) is 0 Å². The van der Waals surface area contributed by atoms with Gasteiger partial charge in [-0.1, -0.05) is 0 Å². The van der Waals surface area contributed by atoms with Gasteiger partial charge >= 0.3 is 209 Å². The summed E-state index contributed by atoms with van der Waals surface area (Å²) in [6, 6.07) is 0. The summed E-state index contributed by atoms with van der Waals surface area (Å²) in [4.78, 5) is 24.0. The zero-order valence-corrected chi connectivity index (χ0v) is 24.2. The fraction of sp³-hybridized carbons (Fsp3) is 0.773. The molecular weight excluding hydrogens is 504 g/mol. The average Bonchev–Trinajstić information content (AvgIpc) is 2.92. The van der Waals surface area contributed by atoms with Crippen molar-refractivity contribution in [3.63, 3.8) is 0 Å². The molecule has 3 heterocycles. The zero-order chi connectivity index (χ0) is 24.6. The quantitative estimate of drug-likeness (QED) is 0.320. The summed E-state index contributed by atoms with van der Waals surface area (Å²) in [6.45, 7) is 15.2. The third-order valence-corrected chi connectivity index (χ3v) is 9.94. The molecular formula is C22H37AsBN3O5S. The molecule has 2 unspecified atom stereocenters. The van der Waals surface area contributed by atoms with Gasteiger partial charge in [0.2, 0.25) is 0 Å². The van der Waals surface area contributed by atoms with E-state index in [1.54, 1.807) is 7.11 Å². The maximum absolute atomic E-state index is 12.7. The summed E-state index contributed by atoms with van der Waals surface area (Å²) < 4.78 is 25.4. The van der Waals surface area contributed by atoms with E-state index < -0.39 is 39.7 Å². The van der Waals surface area contributed by atoms with Crippen molar-refractivity contribution < 1.29 is 23.6 Å². The van der Waals surface area contributed by atoms with Gasteiger partial charge in [0.25, 0.3) is 0 Å². The number of thioether (sulfide) groups is 1. The Morgan fingerprint density at radius 1 is 1.21 bits per heavy atom. The van der Waals surface area contributed by atoms with Crippen molar-refractivity contribution in [3.05, 3.63) is 0 Å². The molecule has 2 atom stereocenters. The molecule has 2 aliphatic rings. The fourth-order valence-electron chi connectivity index (χ4n) is 3.74. The van der Waals surface area contributed by atoms with Gasteiger partial charge in [-0.2, -0.15) is 0 Å². The molecule has 0 bridgehead atoms. The van der Waals surface area contributed by atoms with Crippen LogP contribution < -0.4 is 14.7 Å². The van der Waals surface area contributed by atoms with Crippen LogP contribution in [0.2, 0.25) is 4.71 Å². The van der Waals surface area contributed by atoms with Crippen molar-refractivity contribution >= 4 is 50.7 Å². The molecule has 3 rings (SSSR count). The van der Waals surface area contributed by atoms with E-state index in [-0.39, 0.29) is 6.09 Å². The Balaban J connectivity index is 1.88. The number of ether oxygens (including phenoxy) is 2. The number of hydrogen-bond acceptors (Lipinski definition) is 8. The second-order valence-electron chi connectivity index (χ2n) is 10.5. The number of hydrogen-bond donors (Lipinski definition) is 0. The van der Waals surface area contributed by atoms with E-state index in [0.717, 1.165) is 29.3 Å². The predicted octanol–water partition coefficient (Wildman–Crippen LogP) is 2.39. The monoisotopic (exact) mass is 541 g/mol. The topological polar surface area (TPSA) is 83.0 Å². The first kappa shape index (κ1) is 26.6. The number of likely N-dealkylation sites (tertiary alicyclic amines) is 1. The molecule has 0 aliphatic carbocycles. The first-order chi connectivity index (χ1) is 15.3. The molecule has 1 amide bonds. The van der Waals surface area contributed by atoms with E-state index in [2.05, 4.69) is 4.98 Å². The van der Waals surface area contributed by atoms with Crippen LogP contribution in [0.25, 0.3) is 0 Å². The molecule has 2 fully saturated rings. The van der Waals surface area contributed by atoms with Crippen molar-refractivity contribution in [2.45, 2.75) is 88.0 Å². The molecule has 0 aromatic carbocycles. The first-order valence-electron chi connectivity index (χ1n) is 11.4. The van der Waals surface area contributed by atoms with Gasteiger partial charge in [-0.3, -0.25) is 0 Å². The van der Waals surface area contributed by atoms with Gasteiger partial charge in [0.05, 0.1) is 0 Å². The molecule has 8 nitrogen and oxygen atoms in total. The van der Waals surface area contributed by atoms with Crippen molar-refractivity contribution in [1.29, 1.82) is 0 Å². The Bertz CT molecular complexity index is 864. The number of nitrogens with zero attached hydrogens (tertiary/aromatic N) is 3. The number of piperidine rings is 1. The second kappa shape index (κ2) is 9.96. The molecule has 0 spiro atoms. The van der Waals surface area contributed by atoms with Gasteiger partial charge in [-0.15, -0.1) is 0 Å². The van der Waals surface area contributed by atoms with Crippen LogP contribution in [0.4, 0.5) is 4.79 Å². The molecule has 1 aromatic rings. The van der Waals surface area contributed by atoms with Gasteiger partial charge in [0.15, 0.2) is 0 Å². The Hall–Kier alpha value is -0.957. The summed E-state index contributed by atoms with van der Waals surface area (Å²) in [5, 5.41) is 0.672. The second-order valence-corrected chi connectivity index (χ2v) is 14.6. The first-order valence-corrected chi connectivity index (χ1v) is 14.8. The standard InChI is InChI=1S/C22H37AsBN3O5S/c1-20(2,3)30-19(28)27-12-10-11-14(13-27)23-16-15(17(29-8)26-18(25-16)33-9)24-31-21(4,5)22(6,7)32-24/h14,23H,10-13H2,1-9H3. The van der Waals surface area contributed by atoms with Crippen LogP contribution in [-0.2, 0) is 14.0 Å². The SMILES string of the molecule is COc1nc(SC)nc([AsH]C2CCCN(C(=O)OC(C)(C)C)C2)c1B1OC(C)(C)C(C)(C)O1. The molecule has 0 radical (unpaired) electrons. The fourth-order valence-corrected chi connectivity index (χ4v) is 7.62. The Morgan fingerprint density at radius 3 is 2.39 bits per heavy atom. The molecule has 2 aliphatic heterocycles. The number of rotatable bonds is 5. The number of methoxy groups -OCH3 is 1. The van der Waals surface area contributed by atoms with Crippen LogP contribution >= 0.6 is 11.8 Å². The number of carbonyl (C=O) groups excluding carboxylic acids is 1. The van der Waals surface area contributed by atoms with Crippen molar-refractivity contribution in [2.75, 3.05) is 26.5 Å². The average molecular weight is 541 g/mol. The molecule has 0 N–H and O–H groups in total. The Morgan fingerprint density at radius 2 is 1.85 bits per heavy atom. The molecule has 33 heavy (non-hydrogen) atoms. The summed E-state index contributed by atoms with van der Waals surface area (Å²) in [6.07, 6.45) is 3.73. The third kappa shape index (κ3) is 6.19. The minimum atomic E-state index is -0.754. The van der Waals surface area contributed by atoms with E-state index in [4.69, 9.17) is 23.8 Å². The number of carbonyl (C=O) groups is 1. The van der Waals surface area contributed by atoms with Crippen molar-refractivity contribution in [1.82, 2.24) is 14.9 Å². The molecule has 2 saturated heterocycles. The molecule has 0 saturated carbocycles.